The summed E-state index contributed by atoms with van der Waals surface area (Å²) in [4.78, 5) is 16.3. The zero-order valence-corrected chi connectivity index (χ0v) is 19.8. The van der Waals surface area contributed by atoms with Gasteiger partial charge >= 0.3 is 0 Å². The lowest BCUT2D eigenvalue weighted by molar-refractivity contribution is 0.0954. The van der Waals surface area contributed by atoms with Crippen molar-refractivity contribution in [1.82, 2.24) is 16.0 Å². The second-order valence-corrected chi connectivity index (χ2v) is 7.39. The van der Waals surface area contributed by atoms with E-state index in [0.717, 1.165) is 5.56 Å². The fourth-order valence-electron chi connectivity index (χ4n) is 2.63. The van der Waals surface area contributed by atoms with Gasteiger partial charge in [-0.25, -0.2) is 4.39 Å². The molecule has 0 aliphatic rings. The maximum Gasteiger partial charge on any atom is 0.252 e. The summed E-state index contributed by atoms with van der Waals surface area (Å²) >= 11 is 6.02. The fraction of sp³-hybridized carbons (Fsp3) is 0.333. The number of rotatable bonds is 7. The van der Waals surface area contributed by atoms with Gasteiger partial charge in [0.15, 0.2) is 5.96 Å². The molecular formula is C21H27ClFIN4O. The number of carbonyl (C=O) groups is 1. The van der Waals surface area contributed by atoms with Gasteiger partial charge in [-0.1, -0.05) is 49.7 Å². The van der Waals surface area contributed by atoms with Crippen LogP contribution in [0.15, 0.2) is 53.5 Å². The summed E-state index contributed by atoms with van der Waals surface area (Å²) in [5, 5.41) is 9.62. The Morgan fingerprint density at radius 2 is 1.76 bits per heavy atom. The van der Waals surface area contributed by atoms with E-state index >= 15 is 0 Å². The van der Waals surface area contributed by atoms with Crippen LogP contribution < -0.4 is 16.0 Å². The van der Waals surface area contributed by atoms with Crippen LogP contribution in [0.2, 0.25) is 5.02 Å². The normalized spacial score (nSPS) is 11.4. The quantitative estimate of drug-likeness (QED) is 0.219. The molecule has 1 amide bonds. The van der Waals surface area contributed by atoms with Crippen LogP contribution in [0.25, 0.3) is 0 Å². The summed E-state index contributed by atoms with van der Waals surface area (Å²) in [6.07, 6.45) is 0. The van der Waals surface area contributed by atoms with Crippen LogP contribution in [-0.4, -0.2) is 38.5 Å². The molecule has 0 saturated heterocycles. The Morgan fingerprint density at radius 3 is 2.41 bits per heavy atom. The van der Waals surface area contributed by atoms with Gasteiger partial charge in [0, 0.05) is 32.1 Å². The van der Waals surface area contributed by atoms with Crippen molar-refractivity contribution in [2.45, 2.75) is 19.3 Å². The largest absolute Gasteiger partial charge is 0.356 e. The van der Waals surface area contributed by atoms with Gasteiger partial charge in [-0.3, -0.25) is 9.79 Å². The van der Waals surface area contributed by atoms with Crippen LogP contribution in [0.5, 0.6) is 0 Å². The summed E-state index contributed by atoms with van der Waals surface area (Å²) < 4.78 is 13.5. The highest BCUT2D eigenvalue weighted by Crippen LogP contribution is 2.22. The monoisotopic (exact) mass is 532 g/mol. The Bertz CT molecular complexity index is 845. The van der Waals surface area contributed by atoms with E-state index < -0.39 is 0 Å². The number of nitrogens with one attached hydrogen (secondary N) is 3. The molecule has 158 valence electrons. The van der Waals surface area contributed by atoms with Gasteiger partial charge in [-0.2, -0.15) is 0 Å². The molecule has 2 aromatic rings. The molecule has 0 fully saturated rings. The fourth-order valence-corrected chi connectivity index (χ4v) is 2.86. The number of nitrogens with zero attached hydrogens (tertiary/aromatic N) is 1. The van der Waals surface area contributed by atoms with Gasteiger partial charge in [-0.15, -0.1) is 24.0 Å². The van der Waals surface area contributed by atoms with Crippen molar-refractivity contribution in [1.29, 1.82) is 0 Å². The van der Waals surface area contributed by atoms with Gasteiger partial charge < -0.3 is 16.0 Å². The molecule has 2 aromatic carbocycles. The van der Waals surface area contributed by atoms with Crippen molar-refractivity contribution < 1.29 is 9.18 Å². The SMILES string of the molecule is CN=C(NCCNC(=O)c1ccccc1Cl)NCC(C)(C)c1cccc(F)c1.I. The summed E-state index contributed by atoms with van der Waals surface area (Å²) in [5.41, 5.74) is 1.07. The third-order valence-electron chi connectivity index (χ3n) is 4.35. The van der Waals surface area contributed by atoms with Crippen LogP contribution in [0.4, 0.5) is 4.39 Å². The van der Waals surface area contributed by atoms with E-state index in [-0.39, 0.29) is 41.1 Å². The van der Waals surface area contributed by atoms with E-state index in [1.165, 1.54) is 6.07 Å². The summed E-state index contributed by atoms with van der Waals surface area (Å²) in [7, 11) is 1.67. The first-order valence-electron chi connectivity index (χ1n) is 9.07. The number of carbonyl (C=O) groups excluding carboxylic acids is 1. The number of hydrogen-bond acceptors (Lipinski definition) is 2. The van der Waals surface area contributed by atoms with Gasteiger partial charge in [0.05, 0.1) is 10.6 Å². The first-order valence-corrected chi connectivity index (χ1v) is 9.44. The average molecular weight is 533 g/mol. The predicted molar refractivity (Wildman–Crippen MR) is 128 cm³/mol. The molecule has 29 heavy (non-hydrogen) atoms. The highest BCUT2D eigenvalue weighted by molar-refractivity contribution is 14.0. The minimum Gasteiger partial charge on any atom is -0.356 e. The van der Waals surface area contributed by atoms with Crippen LogP contribution >= 0.6 is 35.6 Å². The molecule has 2 rings (SSSR count). The topological polar surface area (TPSA) is 65.5 Å². The third-order valence-corrected chi connectivity index (χ3v) is 4.68. The lowest BCUT2D eigenvalue weighted by Gasteiger charge is -2.27. The Labute approximate surface area is 193 Å². The minimum atomic E-state index is -0.280. The maximum absolute atomic E-state index is 13.5. The second-order valence-electron chi connectivity index (χ2n) is 6.98. The van der Waals surface area contributed by atoms with Gasteiger partial charge in [0.2, 0.25) is 0 Å². The molecule has 0 aromatic heterocycles. The van der Waals surface area contributed by atoms with Crippen molar-refractivity contribution >= 4 is 47.4 Å². The number of aliphatic imine (C=N–C) groups is 1. The average Bonchev–Trinajstić information content (AvgIpc) is 2.67. The molecule has 0 saturated carbocycles. The first kappa shape index (κ1) is 25.2. The van der Waals surface area contributed by atoms with Crippen molar-refractivity contribution in [3.8, 4) is 0 Å². The van der Waals surface area contributed by atoms with Crippen LogP contribution in [0, 0.1) is 5.82 Å². The van der Waals surface area contributed by atoms with E-state index in [1.807, 2.05) is 19.9 Å². The van der Waals surface area contributed by atoms with Crippen molar-refractivity contribution in [2.24, 2.45) is 4.99 Å². The molecular weight excluding hydrogens is 506 g/mol. The summed E-state index contributed by atoms with van der Waals surface area (Å²) in [6, 6.07) is 13.5. The summed E-state index contributed by atoms with van der Waals surface area (Å²) in [5.74, 6) is 0.140. The molecule has 0 atom stereocenters. The molecule has 0 radical (unpaired) electrons. The van der Waals surface area contributed by atoms with E-state index in [9.17, 15) is 9.18 Å². The van der Waals surface area contributed by atoms with Crippen LogP contribution in [-0.2, 0) is 5.41 Å². The Kier molecular flexibility index (Phi) is 10.4. The molecule has 3 N–H and O–H groups in total. The Balaban J connectivity index is 0.00000420. The van der Waals surface area contributed by atoms with Gasteiger partial charge in [-0.05, 0) is 29.8 Å². The molecule has 8 heteroatoms. The van der Waals surface area contributed by atoms with Crippen LogP contribution in [0.1, 0.15) is 29.8 Å². The number of guanidine groups is 1. The second kappa shape index (κ2) is 12.0. The maximum atomic E-state index is 13.5. The number of hydrogen-bond donors (Lipinski definition) is 3. The Morgan fingerprint density at radius 1 is 1.07 bits per heavy atom. The third kappa shape index (κ3) is 7.81. The molecule has 0 bridgehead atoms. The van der Waals surface area contributed by atoms with Crippen molar-refractivity contribution in [2.75, 3.05) is 26.7 Å². The number of halogens is 3. The molecule has 0 unspecified atom stereocenters. The Hall–Kier alpha value is -1.87. The highest BCUT2D eigenvalue weighted by atomic mass is 127. The zero-order chi connectivity index (χ0) is 20.6. The van der Waals surface area contributed by atoms with Crippen LogP contribution in [0.3, 0.4) is 0 Å². The predicted octanol–water partition coefficient (Wildman–Crippen LogP) is 3.97. The molecule has 5 nitrogen and oxygen atoms in total. The lowest BCUT2D eigenvalue weighted by atomic mass is 9.84. The zero-order valence-electron chi connectivity index (χ0n) is 16.8. The lowest BCUT2D eigenvalue weighted by Crippen LogP contribution is -2.45. The van der Waals surface area contributed by atoms with Crippen molar-refractivity contribution in [3.63, 3.8) is 0 Å². The van der Waals surface area contributed by atoms with E-state index in [0.29, 0.717) is 36.2 Å². The number of benzene rings is 2. The van der Waals surface area contributed by atoms with E-state index in [1.54, 1.807) is 43.4 Å². The minimum absolute atomic E-state index is 0. The molecule has 0 heterocycles. The molecule has 0 aliphatic heterocycles. The van der Waals surface area contributed by atoms with Crippen molar-refractivity contribution in [3.05, 3.63) is 70.5 Å². The number of amides is 1. The first-order chi connectivity index (χ1) is 13.3. The molecule has 0 spiro atoms. The summed E-state index contributed by atoms with van der Waals surface area (Å²) in [6.45, 7) is 5.55. The highest BCUT2D eigenvalue weighted by Gasteiger charge is 2.21. The molecule has 0 aliphatic carbocycles. The van der Waals surface area contributed by atoms with Gasteiger partial charge in [0.1, 0.15) is 5.82 Å². The standard InChI is InChI=1S/C21H26ClFN4O.HI/c1-21(2,15-7-6-8-16(23)13-15)14-27-20(24-3)26-12-11-25-19(28)17-9-4-5-10-18(17)22;/h4-10,13H,11-12,14H2,1-3H3,(H,25,28)(H2,24,26,27);1H. The smallest absolute Gasteiger partial charge is 0.252 e. The van der Waals surface area contributed by atoms with E-state index in [4.69, 9.17) is 11.6 Å². The van der Waals surface area contributed by atoms with E-state index in [2.05, 4.69) is 20.9 Å². The van der Waals surface area contributed by atoms with Gasteiger partial charge in [0.25, 0.3) is 5.91 Å².